The standard InChI is InChI=1S/C20H22N2O/c1-14(2)15-8-6-9-18(12-15)22(3)13-17-11-16-7-4-5-10-19(16)21-20(17)23/h4-12,14H,13H2,1-3H3,(H,21,23). The molecule has 1 N–H and O–H groups in total. The van der Waals surface area contributed by atoms with Crippen LogP contribution in [0.15, 0.2) is 59.4 Å². The summed E-state index contributed by atoms with van der Waals surface area (Å²) in [5.41, 5.74) is 4.08. The lowest BCUT2D eigenvalue weighted by Crippen LogP contribution is -2.23. The molecule has 0 aliphatic carbocycles. The number of fused-ring (bicyclic) bond motifs is 1. The maximum absolute atomic E-state index is 12.3. The van der Waals surface area contributed by atoms with Gasteiger partial charge in [0.1, 0.15) is 0 Å². The fourth-order valence-corrected chi connectivity index (χ4v) is 2.78. The number of pyridine rings is 1. The third-order valence-electron chi connectivity index (χ3n) is 4.22. The highest BCUT2D eigenvalue weighted by atomic mass is 16.1. The van der Waals surface area contributed by atoms with Gasteiger partial charge in [0.15, 0.2) is 0 Å². The molecule has 0 unspecified atom stereocenters. The van der Waals surface area contributed by atoms with E-state index in [2.05, 4.69) is 48.0 Å². The minimum atomic E-state index is -0.0180. The molecule has 0 fully saturated rings. The van der Waals surface area contributed by atoms with Crippen LogP contribution in [0.25, 0.3) is 10.9 Å². The van der Waals surface area contributed by atoms with Crippen molar-refractivity contribution in [2.45, 2.75) is 26.3 Å². The zero-order valence-corrected chi connectivity index (χ0v) is 13.8. The van der Waals surface area contributed by atoms with Gasteiger partial charge in [-0.1, -0.05) is 44.2 Å². The van der Waals surface area contributed by atoms with Crippen LogP contribution in [-0.4, -0.2) is 12.0 Å². The van der Waals surface area contributed by atoms with Gasteiger partial charge in [0.05, 0.1) is 0 Å². The van der Waals surface area contributed by atoms with Crippen molar-refractivity contribution in [1.82, 2.24) is 4.98 Å². The number of para-hydroxylation sites is 1. The van der Waals surface area contributed by atoms with E-state index in [-0.39, 0.29) is 5.56 Å². The van der Waals surface area contributed by atoms with Crippen molar-refractivity contribution in [3.8, 4) is 0 Å². The van der Waals surface area contributed by atoms with Gasteiger partial charge >= 0.3 is 0 Å². The number of benzene rings is 2. The number of H-pyrrole nitrogens is 1. The van der Waals surface area contributed by atoms with Crippen molar-refractivity contribution < 1.29 is 0 Å². The number of anilines is 1. The van der Waals surface area contributed by atoms with Gasteiger partial charge < -0.3 is 9.88 Å². The molecule has 0 spiro atoms. The second-order valence-electron chi connectivity index (χ2n) is 6.32. The second-order valence-corrected chi connectivity index (χ2v) is 6.32. The molecule has 23 heavy (non-hydrogen) atoms. The van der Waals surface area contributed by atoms with Gasteiger partial charge in [-0.2, -0.15) is 0 Å². The molecule has 0 saturated carbocycles. The largest absolute Gasteiger partial charge is 0.370 e. The lowest BCUT2D eigenvalue weighted by atomic mass is 10.0. The van der Waals surface area contributed by atoms with Crippen molar-refractivity contribution in [3.63, 3.8) is 0 Å². The number of nitrogens with zero attached hydrogens (tertiary/aromatic N) is 1. The Balaban J connectivity index is 1.91. The van der Waals surface area contributed by atoms with Crippen LogP contribution in [0.5, 0.6) is 0 Å². The molecule has 3 aromatic rings. The van der Waals surface area contributed by atoms with Gasteiger partial charge in [-0.25, -0.2) is 0 Å². The summed E-state index contributed by atoms with van der Waals surface area (Å²) in [6, 6.07) is 18.3. The first-order valence-electron chi connectivity index (χ1n) is 7.96. The van der Waals surface area contributed by atoms with Crippen molar-refractivity contribution in [2.24, 2.45) is 0 Å². The summed E-state index contributed by atoms with van der Waals surface area (Å²) >= 11 is 0. The Bertz CT molecular complexity index is 880. The number of aromatic amines is 1. The van der Waals surface area contributed by atoms with Crippen LogP contribution >= 0.6 is 0 Å². The predicted octanol–water partition coefficient (Wildman–Crippen LogP) is 4.29. The van der Waals surface area contributed by atoms with E-state index < -0.39 is 0 Å². The van der Waals surface area contributed by atoms with E-state index in [1.165, 1.54) is 5.56 Å². The molecular weight excluding hydrogens is 284 g/mol. The quantitative estimate of drug-likeness (QED) is 0.780. The summed E-state index contributed by atoms with van der Waals surface area (Å²) in [7, 11) is 2.02. The molecule has 3 nitrogen and oxygen atoms in total. The lowest BCUT2D eigenvalue weighted by Gasteiger charge is -2.20. The molecule has 1 heterocycles. The minimum Gasteiger partial charge on any atom is -0.370 e. The van der Waals surface area contributed by atoms with Crippen molar-refractivity contribution in [1.29, 1.82) is 0 Å². The molecule has 3 rings (SSSR count). The maximum atomic E-state index is 12.3. The summed E-state index contributed by atoms with van der Waals surface area (Å²) in [6.07, 6.45) is 0. The SMILES string of the molecule is CC(C)c1cccc(N(C)Cc2cc3ccccc3[nH]c2=O)c1. The van der Waals surface area contributed by atoms with E-state index in [0.29, 0.717) is 12.5 Å². The first-order valence-corrected chi connectivity index (χ1v) is 7.96. The fourth-order valence-electron chi connectivity index (χ4n) is 2.78. The highest BCUT2D eigenvalue weighted by Crippen LogP contribution is 2.22. The minimum absolute atomic E-state index is 0.0180. The normalized spacial score (nSPS) is 11.1. The Labute approximate surface area is 136 Å². The summed E-state index contributed by atoms with van der Waals surface area (Å²) < 4.78 is 0. The third kappa shape index (κ3) is 3.29. The Kier molecular flexibility index (Phi) is 4.20. The first kappa shape index (κ1) is 15.3. The number of hydrogen-bond acceptors (Lipinski definition) is 2. The van der Waals surface area contributed by atoms with Crippen molar-refractivity contribution >= 4 is 16.6 Å². The van der Waals surface area contributed by atoms with Gasteiger partial charge in [0.25, 0.3) is 5.56 Å². The van der Waals surface area contributed by atoms with Crippen LogP contribution in [0.1, 0.15) is 30.9 Å². The van der Waals surface area contributed by atoms with Gasteiger partial charge in [0.2, 0.25) is 0 Å². The van der Waals surface area contributed by atoms with Crippen LogP contribution in [0.3, 0.4) is 0 Å². The Hall–Kier alpha value is -2.55. The van der Waals surface area contributed by atoms with E-state index >= 15 is 0 Å². The summed E-state index contributed by atoms with van der Waals surface area (Å²) in [6.45, 7) is 4.96. The maximum Gasteiger partial charge on any atom is 0.253 e. The number of aromatic nitrogens is 1. The monoisotopic (exact) mass is 306 g/mol. The zero-order valence-electron chi connectivity index (χ0n) is 13.8. The number of nitrogens with one attached hydrogen (secondary N) is 1. The third-order valence-corrected chi connectivity index (χ3v) is 4.22. The first-order chi connectivity index (χ1) is 11.0. The highest BCUT2D eigenvalue weighted by molar-refractivity contribution is 5.78. The molecule has 1 aromatic heterocycles. The topological polar surface area (TPSA) is 36.1 Å². The predicted molar refractivity (Wildman–Crippen MR) is 97.2 cm³/mol. The molecule has 0 aliphatic rings. The van der Waals surface area contributed by atoms with Crippen LogP contribution in [0.2, 0.25) is 0 Å². The van der Waals surface area contributed by atoms with E-state index in [1.807, 2.05) is 37.4 Å². The van der Waals surface area contributed by atoms with Crippen LogP contribution < -0.4 is 10.5 Å². The van der Waals surface area contributed by atoms with Gasteiger partial charge in [0, 0.05) is 30.4 Å². The van der Waals surface area contributed by atoms with E-state index in [1.54, 1.807) is 0 Å². The van der Waals surface area contributed by atoms with E-state index in [4.69, 9.17) is 0 Å². The molecule has 118 valence electrons. The Morgan fingerprint density at radius 2 is 1.83 bits per heavy atom. The Morgan fingerprint density at radius 3 is 2.61 bits per heavy atom. The molecule has 0 aliphatic heterocycles. The van der Waals surface area contributed by atoms with Crippen LogP contribution in [0, 0.1) is 0 Å². The van der Waals surface area contributed by atoms with E-state index in [9.17, 15) is 4.79 Å². The van der Waals surface area contributed by atoms with Gasteiger partial charge in [-0.15, -0.1) is 0 Å². The fraction of sp³-hybridized carbons (Fsp3) is 0.250. The molecule has 3 heteroatoms. The molecule has 0 atom stereocenters. The van der Waals surface area contributed by atoms with Crippen LogP contribution in [0.4, 0.5) is 5.69 Å². The number of rotatable bonds is 4. The summed E-state index contributed by atoms with van der Waals surface area (Å²) in [4.78, 5) is 17.4. The van der Waals surface area contributed by atoms with Crippen LogP contribution in [-0.2, 0) is 6.54 Å². The summed E-state index contributed by atoms with van der Waals surface area (Å²) in [5, 5.41) is 1.06. The lowest BCUT2D eigenvalue weighted by molar-refractivity contribution is 0.857. The highest BCUT2D eigenvalue weighted by Gasteiger charge is 2.08. The number of hydrogen-bond donors (Lipinski definition) is 1. The average molecular weight is 306 g/mol. The molecule has 0 saturated heterocycles. The smallest absolute Gasteiger partial charge is 0.253 e. The van der Waals surface area contributed by atoms with Gasteiger partial charge in [-0.05, 0) is 41.1 Å². The molecule has 0 radical (unpaired) electrons. The summed E-state index contributed by atoms with van der Waals surface area (Å²) in [5.74, 6) is 0.493. The molecule has 0 amide bonds. The van der Waals surface area contributed by atoms with Crippen molar-refractivity contribution in [3.05, 3.63) is 76.1 Å². The van der Waals surface area contributed by atoms with E-state index in [0.717, 1.165) is 22.2 Å². The average Bonchev–Trinajstić information content (AvgIpc) is 2.55. The van der Waals surface area contributed by atoms with Gasteiger partial charge in [-0.3, -0.25) is 4.79 Å². The Morgan fingerprint density at radius 1 is 1.04 bits per heavy atom. The van der Waals surface area contributed by atoms with Crippen molar-refractivity contribution in [2.75, 3.05) is 11.9 Å². The molecule has 2 aromatic carbocycles. The molecular formula is C20H22N2O. The zero-order chi connectivity index (χ0) is 16.4. The molecule has 0 bridgehead atoms. The second kappa shape index (κ2) is 6.29.